The second kappa shape index (κ2) is 6.49. The lowest BCUT2D eigenvalue weighted by molar-refractivity contribution is 0.550. The van der Waals surface area contributed by atoms with E-state index in [1.165, 1.54) is 36.0 Å². The van der Waals surface area contributed by atoms with Crippen LogP contribution in [0.5, 0.6) is 0 Å². The molecular formula is C17H18BrClN2. The fourth-order valence-corrected chi connectivity index (χ4v) is 3.99. The summed E-state index contributed by atoms with van der Waals surface area (Å²) in [7, 11) is 0. The summed E-state index contributed by atoms with van der Waals surface area (Å²) in [5.41, 5.74) is 8.37. The van der Waals surface area contributed by atoms with E-state index in [0.29, 0.717) is 0 Å². The summed E-state index contributed by atoms with van der Waals surface area (Å²) in [4.78, 5) is 0. The Kier molecular flexibility index (Phi) is 4.65. The minimum absolute atomic E-state index is 0.0658. The van der Waals surface area contributed by atoms with Gasteiger partial charge in [0.25, 0.3) is 0 Å². The van der Waals surface area contributed by atoms with E-state index in [4.69, 9.17) is 17.4 Å². The highest BCUT2D eigenvalue weighted by Crippen LogP contribution is 2.30. The van der Waals surface area contributed by atoms with Crippen LogP contribution in [0.2, 0.25) is 5.02 Å². The maximum atomic E-state index is 6.01. The fourth-order valence-electron chi connectivity index (χ4n) is 3.03. The zero-order valence-electron chi connectivity index (χ0n) is 11.7. The molecule has 21 heavy (non-hydrogen) atoms. The molecule has 0 saturated carbocycles. The molecule has 0 fully saturated rings. The van der Waals surface area contributed by atoms with E-state index in [-0.39, 0.29) is 6.04 Å². The number of benzene rings is 2. The van der Waals surface area contributed by atoms with Gasteiger partial charge in [0.15, 0.2) is 0 Å². The number of aryl methyl sites for hydroxylation is 2. The van der Waals surface area contributed by atoms with Gasteiger partial charge < -0.3 is 0 Å². The molecule has 0 radical (unpaired) electrons. The van der Waals surface area contributed by atoms with Crippen LogP contribution in [0.1, 0.15) is 34.7 Å². The first kappa shape index (κ1) is 15.0. The van der Waals surface area contributed by atoms with Crippen LogP contribution in [0.3, 0.4) is 0 Å². The number of hydrogen-bond donors (Lipinski definition) is 2. The van der Waals surface area contributed by atoms with Gasteiger partial charge in [-0.05, 0) is 60.1 Å². The van der Waals surface area contributed by atoms with Crippen molar-refractivity contribution in [2.45, 2.75) is 31.7 Å². The zero-order chi connectivity index (χ0) is 14.8. The van der Waals surface area contributed by atoms with E-state index in [0.717, 1.165) is 21.5 Å². The molecule has 0 aliphatic heterocycles. The zero-order valence-corrected chi connectivity index (χ0v) is 14.0. The van der Waals surface area contributed by atoms with E-state index in [2.05, 4.69) is 39.6 Å². The molecule has 3 N–H and O–H groups in total. The van der Waals surface area contributed by atoms with Crippen LogP contribution in [0.4, 0.5) is 0 Å². The van der Waals surface area contributed by atoms with Crippen LogP contribution in [-0.4, -0.2) is 0 Å². The Morgan fingerprint density at radius 3 is 2.71 bits per heavy atom. The molecule has 0 aromatic heterocycles. The van der Waals surface area contributed by atoms with Gasteiger partial charge in [-0.25, -0.2) is 0 Å². The summed E-state index contributed by atoms with van der Waals surface area (Å²) >= 11 is 9.58. The van der Waals surface area contributed by atoms with Crippen LogP contribution < -0.4 is 11.3 Å². The molecule has 3 rings (SSSR count). The molecule has 1 aliphatic rings. The third-order valence-corrected chi connectivity index (χ3v) is 5.06. The van der Waals surface area contributed by atoms with Crippen molar-refractivity contribution >= 4 is 27.5 Å². The van der Waals surface area contributed by atoms with Crippen LogP contribution in [-0.2, 0) is 19.3 Å². The number of hydrazine groups is 1. The van der Waals surface area contributed by atoms with Gasteiger partial charge in [-0.2, -0.15) is 0 Å². The second-order valence-electron chi connectivity index (χ2n) is 5.55. The number of nitrogens with two attached hydrogens (primary N) is 1. The number of hydrogen-bond acceptors (Lipinski definition) is 2. The SMILES string of the molecule is NNC(Cc1ccc2c(c1)CCC2)c1ccc(Cl)cc1Br. The molecule has 0 heterocycles. The molecule has 1 aliphatic carbocycles. The van der Waals surface area contributed by atoms with Crippen molar-refractivity contribution in [2.24, 2.45) is 5.84 Å². The summed E-state index contributed by atoms with van der Waals surface area (Å²) in [5.74, 6) is 5.77. The fraction of sp³-hybridized carbons (Fsp3) is 0.294. The van der Waals surface area contributed by atoms with Gasteiger partial charge >= 0.3 is 0 Å². The lowest BCUT2D eigenvalue weighted by atomic mass is 9.97. The Balaban J connectivity index is 1.84. The summed E-state index contributed by atoms with van der Waals surface area (Å²) in [5, 5.41) is 0.721. The van der Waals surface area contributed by atoms with E-state index < -0.39 is 0 Å². The molecule has 1 unspecified atom stereocenters. The topological polar surface area (TPSA) is 38.0 Å². The lowest BCUT2D eigenvalue weighted by Gasteiger charge is -2.18. The number of halogens is 2. The number of nitrogens with one attached hydrogen (secondary N) is 1. The molecule has 110 valence electrons. The predicted molar refractivity (Wildman–Crippen MR) is 91.4 cm³/mol. The van der Waals surface area contributed by atoms with Crippen LogP contribution >= 0.6 is 27.5 Å². The summed E-state index contributed by atoms with van der Waals surface area (Å²) < 4.78 is 0.985. The third kappa shape index (κ3) is 3.32. The average molecular weight is 366 g/mol. The maximum absolute atomic E-state index is 6.01. The largest absolute Gasteiger partial charge is 0.271 e. The van der Waals surface area contributed by atoms with Gasteiger partial charge in [-0.1, -0.05) is 51.8 Å². The smallest absolute Gasteiger partial charge is 0.0511 e. The normalized spacial score (nSPS) is 15.0. The highest BCUT2D eigenvalue weighted by molar-refractivity contribution is 9.10. The number of rotatable bonds is 4. The van der Waals surface area contributed by atoms with E-state index in [1.807, 2.05) is 18.2 Å². The van der Waals surface area contributed by atoms with Gasteiger partial charge in [-0.3, -0.25) is 11.3 Å². The Morgan fingerprint density at radius 1 is 1.14 bits per heavy atom. The third-order valence-electron chi connectivity index (χ3n) is 4.14. The van der Waals surface area contributed by atoms with Gasteiger partial charge in [0.2, 0.25) is 0 Å². The summed E-state index contributed by atoms with van der Waals surface area (Å²) in [6.45, 7) is 0. The van der Waals surface area contributed by atoms with Crippen LogP contribution in [0, 0.1) is 0 Å². The van der Waals surface area contributed by atoms with E-state index in [9.17, 15) is 0 Å². The van der Waals surface area contributed by atoms with Crippen LogP contribution in [0.15, 0.2) is 40.9 Å². The molecule has 0 spiro atoms. The Hall–Kier alpha value is -0.870. The van der Waals surface area contributed by atoms with Crippen molar-refractivity contribution in [3.63, 3.8) is 0 Å². The molecule has 2 nitrogen and oxygen atoms in total. The van der Waals surface area contributed by atoms with Crippen molar-refractivity contribution < 1.29 is 0 Å². The first-order valence-corrected chi connectivity index (χ1v) is 8.36. The van der Waals surface area contributed by atoms with Crippen LogP contribution in [0.25, 0.3) is 0 Å². The molecule has 2 aromatic rings. The minimum atomic E-state index is 0.0658. The lowest BCUT2D eigenvalue weighted by Crippen LogP contribution is -2.29. The Bertz CT molecular complexity index is 657. The van der Waals surface area contributed by atoms with Gasteiger partial charge in [0.05, 0.1) is 6.04 Å². The first-order chi connectivity index (χ1) is 10.2. The standard InChI is InChI=1S/C17H18BrClN2/c18-16-10-14(19)6-7-15(16)17(21-20)9-11-4-5-12-2-1-3-13(12)8-11/h4-8,10,17,21H,1-3,9,20H2. The van der Waals surface area contributed by atoms with Gasteiger partial charge in [0, 0.05) is 9.50 Å². The monoisotopic (exact) mass is 364 g/mol. The van der Waals surface area contributed by atoms with E-state index >= 15 is 0 Å². The molecule has 0 bridgehead atoms. The number of fused-ring (bicyclic) bond motifs is 1. The average Bonchev–Trinajstić information content (AvgIpc) is 2.93. The highest BCUT2D eigenvalue weighted by Gasteiger charge is 2.16. The van der Waals surface area contributed by atoms with Crippen molar-refractivity contribution in [1.82, 2.24) is 5.43 Å². The van der Waals surface area contributed by atoms with Gasteiger partial charge in [-0.15, -0.1) is 0 Å². The quantitative estimate of drug-likeness (QED) is 0.625. The molecule has 1 atom stereocenters. The molecule has 4 heteroatoms. The first-order valence-electron chi connectivity index (χ1n) is 7.19. The molecule has 2 aromatic carbocycles. The van der Waals surface area contributed by atoms with Crippen molar-refractivity contribution in [3.8, 4) is 0 Å². The van der Waals surface area contributed by atoms with E-state index in [1.54, 1.807) is 0 Å². The predicted octanol–water partition coefficient (Wildman–Crippen LogP) is 4.34. The second-order valence-corrected chi connectivity index (χ2v) is 6.84. The molecule has 0 amide bonds. The summed E-state index contributed by atoms with van der Waals surface area (Å²) in [6.07, 6.45) is 4.57. The summed E-state index contributed by atoms with van der Waals surface area (Å²) in [6, 6.07) is 12.7. The molecule has 0 saturated heterocycles. The highest BCUT2D eigenvalue weighted by atomic mass is 79.9. The molecular weight excluding hydrogens is 348 g/mol. The van der Waals surface area contributed by atoms with Crippen molar-refractivity contribution in [3.05, 3.63) is 68.1 Å². The van der Waals surface area contributed by atoms with Crippen molar-refractivity contribution in [2.75, 3.05) is 0 Å². The van der Waals surface area contributed by atoms with Gasteiger partial charge in [0.1, 0.15) is 0 Å². The maximum Gasteiger partial charge on any atom is 0.0511 e. The Morgan fingerprint density at radius 2 is 1.95 bits per heavy atom. The minimum Gasteiger partial charge on any atom is -0.271 e. The Labute approximate surface area is 138 Å². The van der Waals surface area contributed by atoms with Crippen molar-refractivity contribution in [1.29, 1.82) is 0 Å².